The van der Waals surface area contributed by atoms with Gasteiger partial charge < -0.3 is 4.90 Å². The van der Waals surface area contributed by atoms with Crippen LogP contribution in [0.4, 0.5) is 19.0 Å². The van der Waals surface area contributed by atoms with Crippen molar-refractivity contribution in [3.8, 4) is 0 Å². The Morgan fingerprint density at radius 3 is 2.57 bits per heavy atom. The zero-order valence-electron chi connectivity index (χ0n) is 15.6. The highest BCUT2D eigenvalue weighted by atomic mass is 32.1. The van der Waals surface area contributed by atoms with E-state index in [1.165, 1.54) is 16.5 Å². The number of pyridine rings is 1. The maximum atomic E-state index is 13.1. The molecule has 4 heterocycles. The van der Waals surface area contributed by atoms with Crippen molar-refractivity contribution in [1.82, 2.24) is 4.90 Å². The molecule has 0 saturated carbocycles. The van der Waals surface area contributed by atoms with E-state index in [2.05, 4.69) is 23.4 Å². The Morgan fingerprint density at radius 2 is 1.93 bits per heavy atom. The van der Waals surface area contributed by atoms with Crippen LogP contribution in [-0.2, 0) is 17.4 Å². The summed E-state index contributed by atoms with van der Waals surface area (Å²) in [5.41, 5.74) is 0.578. The zero-order chi connectivity index (χ0) is 19.9. The number of aromatic amines is 1. The fraction of sp³-hybridized carbons (Fsp3) is 0.500. The molecule has 4 rings (SSSR count). The number of amides is 1. The molecule has 1 saturated heterocycles. The number of alkyl halides is 3. The van der Waals surface area contributed by atoms with Gasteiger partial charge in [0.1, 0.15) is 6.20 Å². The monoisotopic (exact) mass is 410 g/mol. The van der Waals surface area contributed by atoms with Crippen LogP contribution in [0.3, 0.4) is 0 Å². The predicted octanol–water partition coefficient (Wildman–Crippen LogP) is 3.94. The number of carbonyl (C=O) groups excluding carboxylic acids is 1. The average Bonchev–Trinajstić information content (AvgIpc) is 3.17. The van der Waals surface area contributed by atoms with Crippen LogP contribution in [0.25, 0.3) is 0 Å². The third kappa shape index (κ3) is 3.62. The molecule has 2 aliphatic rings. The van der Waals surface area contributed by atoms with Crippen molar-refractivity contribution in [2.75, 3.05) is 24.5 Å². The van der Waals surface area contributed by atoms with E-state index < -0.39 is 11.7 Å². The summed E-state index contributed by atoms with van der Waals surface area (Å²) in [6.07, 6.45) is -0.994. The van der Waals surface area contributed by atoms with Crippen molar-refractivity contribution >= 4 is 23.1 Å². The number of aromatic nitrogens is 1. The van der Waals surface area contributed by atoms with Gasteiger partial charge in [0.05, 0.1) is 24.7 Å². The topological polar surface area (TPSA) is 37.7 Å². The quantitative estimate of drug-likeness (QED) is 0.752. The third-order valence-corrected chi connectivity index (χ3v) is 6.87. The molecule has 28 heavy (non-hydrogen) atoms. The largest absolute Gasteiger partial charge is 0.419 e. The molecular weight excluding hydrogens is 387 g/mol. The first-order valence-electron chi connectivity index (χ1n) is 9.55. The molecule has 1 fully saturated rings. The number of fused-ring (bicyclic) bond motifs is 1. The third-order valence-electron chi connectivity index (χ3n) is 5.87. The first-order chi connectivity index (χ1) is 13.3. The van der Waals surface area contributed by atoms with Gasteiger partial charge in [-0.1, -0.05) is 0 Å². The Balaban J connectivity index is 1.37. The van der Waals surface area contributed by atoms with Gasteiger partial charge in [-0.3, -0.25) is 9.69 Å². The number of anilines is 1. The van der Waals surface area contributed by atoms with E-state index in [9.17, 15) is 18.0 Å². The van der Waals surface area contributed by atoms with E-state index in [1.807, 2.05) is 9.80 Å². The molecule has 0 aromatic carbocycles. The second kappa shape index (κ2) is 7.39. The molecule has 2 aliphatic heterocycles. The minimum Gasteiger partial charge on any atom is -0.335 e. The van der Waals surface area contributed by atoms with Crippen LogP contribution in [0, 0.1) is 5.92 Å². The first-order valence-corrected chi connectivity index (χ1v) is 10.4. The van der Waals surface area contributed by atoms with E-state index in [-0.39, 0.29) is 17.9 Å². The summed E-state index contributed by atoms with van der Waals surface area (Å²) in [4.78, 5) is 21.2. The van der Waals surface area contributed by atoms with Crippen molar-refractivity contribution < 1.29 is 22.9 Å². The number of thiophene rings is 1. The first kappa shape index (κ1) is 19.2. The van der Waals surface area contributed by atoms with Crippen molar-refractivity contribution in [3.63, 3.8) is 0 Å². The minimum atomic E-state index is -4.35. The van der Waals surface area contributed by atoms with Gasteiger partial charge in [0, 0.05) is 23.4 Å². The summed E-state index contributed by atoms with van der Waals surface area (Å²) in [7, 11) is 0. The summed E-state index contributed by atoms with van der Waals surface area (Å²) in [6, 6.07) is 4.80. The van der Waals surface area contributed by atoms with Crippen molar-refractivity contribution in [1.29, 1.82) is 0 Å². The fourth-order valence-electron chi connectivity index (χ4n) is 4.20. The zero-order valence-corrected chi connectivity index (χ0v) is 16.4. The van der Waals surface area contributed by atoms with Gasteiger partial charge in [-0.05, 0) is 49.3 Å². The summed E-state index contributed by atoms with van der Waals surface area (Å²) < 4.78 is 38.1. The summed E-state index contributed by atoms with van der Waals surface area (Å²) in [6.45, 7) is 4.17. The minimum absolute atomic E-state index is 0.0201. The summed E-state index contributed by atoms with van der Waals surface area (Å²) >= 11 is 1.76. The predicted molar refractivity (Wildman–Crippen MR) is 101 cm³/mol. The fourth-order valence-corrected chi connectivity index (χ4v) is 5.16. The van der Waals surface area contributed by atoms with Crippen LogP contribution in [0.1, 0.15) is 41.8 Å². The lowest BCUT2D eigenvalue weighted by atomic mass is 9.92. The number of hydrogen-bond acceptors (Lipinski definition) is 3. The van der Waals surface area contributed by atoms with Gasteiger partial charge in [-0.15, -0.1) is 11.3 Å². The molecule has 0 bridgehead atoms. The highest BCUT2D eigenvalue weighted by Crippen LogP contribution is 2.35. The molecule has 1 N–H and O–H groups in total. The van der Waals surface area contributed by atoms with Crippen LogP contribution in [0.15, 0.2) is 29.8 Å². The molecule has 2 aromatic heterocycles. The number of carbonyl (C=O) groups is 1. The van der Waals surface area contributed by atoms with Gasteiger partial charge in [0.2, 0.25) is 5.91 Å². The smallest absolute Gasteiger partial charge is 0.335 e. The molecule has 8 heteroatoms. The Bertz CT molecular complexity index is 841. The van der Waals surface area contributed by atoms with Crippen LogP contribution in [0.2, 0.25) is 0 Å². The highest BCUT2D eigenvalue weighted by molar-refractivity contribution is 7.10. The molecule has 150 valence electrons. The molecule has 1 atom stereocenters. The van der Waals surface area contributed by atoms with Gasteiger partial charge >= 0.3 is 6.18 Å². The number of hydrogen-bond donors (Lipinski definition) is 0. The SMILES string of the molecule is C[C@@H]1c2ccsc2CCN1C(=O)C1CCN(c2ccc(C(F)(F)F)c[nH+]2)CC1. The second-order valence-corrected chi connectivity index (χ2v) is 8.48. The maximum absolute atomic E-state index is 13.1. The number of halogens is 3. The molecule has 1 amide bonds. The van der Waals surface area contributed by atoms with E-state index in [4.69, 9.17) is 0 Å². The molecule has 2 aromatic rings. The lowest BCUT2D eigenvalue weighted by molar-refractivity contribution is -0.367. The molecular formula is C20H23F3N3OS+. The normalized spacial score (nSPS) is 20.9. The molecule has 4 nitrogen and oxygen atoms in total. The van der Waals surface area contributed by atoms with Gasteiger partial charge in [-0.2, -0.15) is 13.2 Å². The Hall–Kier alpha value is -2.09. The van der Waals surface area contributed by atoms with Crippen LogP contribution in [0.5, 0.6) is 0 Å². The number of H-pyrrole nitrogens is 1. The van der Waals surface area contributed by atoms with Crippen molar-refractivity contribution in [2.24, 2.45) is 5.92 Å². The highest BCUT2D eigenvalue weighted by Gasteiger charge is 2.36. The molecule has 0 spiro atoms. The number of nitrogens with one attached hydrogen (secondary N) is 1. The lowest BCUT2D eigenvalue weighted by Crippen LogP contribution is -2.46. The Kier molecular flexibility index (Phi) is 5.07. The van der Waals surface area contributed by atoms with Gasteiger partial charge in [0.25, 0.3) is 5.82 Å². The van der Waals surface area contributed by atoms with Crippen LogP contribution in [-0.4, -0.2) is 30.4 Å². The Labute approximate surface area is 166 Å². The molecule has 0 radical (unpaired) electrons. The van der Waals surface area contributed by atoms with E-state index in [0.29, 0.717) is 31.7 Å². The second-order valence-electron chi connectivity index (χ2n) is 7.48. The van der Waals surface area contributed by atoms with E-state index in [0.717, 1.165) is 25.2 Å². The lowest BCUT2D eigenvalue weighted by Gasteiger charge is -2.37. The van der Waals surface area contributed by atoms with E-state index >= 15 is 0 Å². The Morgan fingerprint density at radius 1 is 1.18 bits per heavy atom. The van der Waals surface area contributed by atoms with Crippen LogP contribution >= 0.6 is 11.3 Å². The maximum Gasteiger partial charge on any atom is 0.419 e. The number of rotatable bonds is 2. The standard InChI is InChI=1S/C20H22F3N3OS/c1-13-16-7-11-28-17(16)6-10-26(13)19(27)14-4-8-25(9-5-14)18-3-2-15(12-24-18)20(21,22)23/h2-3,7,11-14H,4-6,8-10H2,1H3/p+1/t13-/m1/s1. The van der Waals surface area contributed by atoms with Gasteiger partial charge in [0.15, 0.2) is 0 Å². The van der Waals surface area contributed by atoms with Crippen LogP contribution < -0.4 is 9.88 Å². The average molecular weight is 410 g/mol. The summed E-state index contributed by atoms with van der Waals surface area (Å²) in [5.74, 6) is 0.849. The summed E-state index contributed by atoms with van der Waals surface area (Å²) in [5, 5.41) is 2.09. The molecule has 0 unspecified atom stereocenters. The van der Waals surface area contributed by atoms with Crippen molar-refractivity contribution in [3.05, 3.63) is 45.8 Å². The molecule has 0 aliphatic carbocycles. The van der Waals surface area contributed by atoms with Gasteiger partial charge in [-0.25, -0.2) is 4.98 Å². The number of nitrogens with zero attached hydrogens (tertiary/aromatic N) is 2. The van der Waals surface area contributed by atoms with E-state index in [1.54, 1.807) is 11.3 Å². The number of piperidine rings is 1. The van der Waals surface area contributed by atoms with Crippen molar-refractivity contribution in [2.45, 2.75) is 38.4 Å².